The standard InChI is InChI=1S/C15H20N6O3.HI/c1-24-14-4-2-12(3-5-14)6-7-17-15(16)18-8-9-20-11-13(10-19-20)21(22)23;/h2-5,10-11H,6-9H2,1H3,(H3,16,17,18);1H. The van der Waals surface area contributed by atoms with Crippen LogP contribution in [-0.2, 0) is 13.0 Å². The van der Waals surface area contributed by atoms with E-state index >= 15 is 0 Å². The molecule has 1 aromatic heterocycles. The van der Waals surface area contributed by atoms with Crippen molar-refractivity contribution in [3.63, 3.8) is 0 Å². The summed E-state index contributed by atoms with van der Waals surface area (Å²) in [5.74, 6) is 1.16. The first-order chi connectivity index (χ1) is 11.6. The average molecular weight is 460 g/mol. The molecule has 0 atom stereocenters. The third kappa shape index (κ3) is 6.95. The van der Waals surface area contributed by atoms with Gasteiger partial charge in [0.25, 0.3) is 0 Å². The molecule has 1 heterocycles. The Morgan fingerprint density at radius 1 is 1.44 bits per heavy atom. The van der Waals surface area contributed by atoms with Crippen LogP contribution in [0.5, 0.6) is 5.75 Å². The Morgan fingerprint density at radius 3 is 2.76 bits per heavy atom. The van der Waals surface area contributed by atoms with E-state index < -0.39 is 4.92 Å². The van der Waals surface area contributed by atoms with E-state index in [0.717, 1.165) is 17.7 Å². The molecular weight excluding hydrogens is 439 g/mol. The molecule has 0 bridgehead atoms. The summed E-state index contributed by atoms with van der Waals surface area (Å²) in [4.78, 5) is 14.3. The average Bonchev–Trinajstić information content (AvgIpc) is 3.05. The van der Waals surface area contributed by atoms with Gasteiger partial charge in [0, 0.05) is 13.1 Å². The van der Waals surface area contributed by atoms with Gasteiger partial charge in [0.15, 0.2) is 5.96 Å². The number of aromatic nitrogens is 2. The lowest BCUT2D eigenvalue weighted by Gasteiger charge is -2.06. The van der Waals surface area contributed by atoms with Gasteiger partial charge in [0.2, 0.25) is 0 Å². The van der Waals surface area contributed by atoms with Crippen molar-refractivity contribution in [1.82, 2.24) is 15.1 Å². The number of hydrogen-bond donors (Lipinski definition) is 2. The van der Waals surface area contributed by atoms with Gasteiger partial charge in [-0.3, -0.25) is 19.8 Å². The lowest BCUT2D eigenvalue weighted by Crippen LogP contribution is -2.34. The van der Waals surface area contributed by atoms with Crippen LogP contribution in [0.4, 0.5) is 5.69 Å². The maximum atomic E-state index is 10.6. The molecule has 0 aliphatic carbocycles. The van der Waals surface area contributed by atoms with Gasteiger partial charge in [-0.05, 0) is 24.1 Å². The highest BCUT2D eigenvalue weighted by Gasteiger charge is 2.07. The minimum Gasteiger partial charge on any atom is -0.497 e. The minimum absolute atomic E-state index is 0. The third-order valence-corrected chi connectivity index (χ3v) is 3.32. The van der Waals surface area contributed by atoms with E-state index in [-0.39, 0.29) is 29.7 Å². The Hall–Kier alpha value is -2.37. The number of halogens is 1. The van der Waals surface area contributed by atoms with Crippen LogP contribution in [0.25, 0.3) is 0 Å². The zero-order chi connectivity index (χ0) is 17.4. The Morgan fingerprint density at radius 2 is 2.16 bits per heavy atom. The number of ether oxygens (including phenoxy) is 1. The molecule has 0 unspecified atom stereocenters. The highest BCUT2D eigenvalue weighted by Crippen LogP contribution is 2.11. The normalized spacial score (nSPS) is 10.8. The summed E-state index contributed by atoms with van der Waals surface area (Å²) in [7, 11) is 1.63. The van der Waals surface area contributed by atoms with E-state index in [4.69, 9.17) is 10.5 Å². The first kappa shape index (κ1) is 20.7. The molecule has 0 saturated heterocycles. The molecule has 0 aliphatic rings. The molecule has 0 aliphatic heterocycles. The van der Waals surface area contributed by atoms with Crippen molar-refractivity contribution in [3.8, 4) is 5.75 Å². The number of hydrogen-bond acceptors (Lipinski definition) is 5. The zero-order valence-electron chi connectivity index (χ0n) is 13.8. The number of nitrogens with one attached hydrogen (secondary N) is 1. The van der Waals surface area contributed by atoms with Crippen molar-refractivity contribution in [2.45, 2.75) is 13.0 Å². The van der Waals surface area contributed by atoms with Crippen LogP contribution in [0.2, 0.25) is 0 Å². The predicted octanol–water partition coefficient (Wildman–Crippen LogP) is 1.56. The van der Waals surface area contributed by atoms with Gasteiger partial charge in [-0.2, -0.15) is 5.10 Å². The van der Waals surface area contributed by atoms with Crippen molar-refractivity contribution < 1.29 is 9.66 Å². The second kappa shape index (κ2) is 10.5. The fourth-order valence-electron chi connectivity index (χ4n) is 2.02. The number of nitro groups is 1. The fourth-order valence-corrected chi connectivity index (χ4v) is 2.02. The molecule has 1 aromatic carbocycles. The smallest absolute Gasteiger partial charge is 0.306 e. The highest BCUT2D eigenvalue weighted by molar-refractivity contribution is 14.0. The van der Waals surface area contributed by atoms with Crippen LogP contribution in [0, 0.1) is 10.1 Å². The zero-order valence-corrected chi connectivity index (χ0v) is 16.1. The molecule has 10 heteroatoms. The van der Waals surface area contributed by atoms with Gasteiger partial charge in [-0.15, -0.1) is 24.0 Å². The van der Waals surface area contributed by atoms with Gasteiger partial charge in [-0.25, -0.2) is 0 Å². The summed E-state index contributed by atoms with van der Waals surface area (Å²) >= 11 is 0. The van der Waals surface area contributed by atoms with Gasteiger partial charge >= 0.3 is 5.69 Å². The van der Waals surface area contributed by atoms with Crippen LogP contribution in [0.15, 0.2) is 41.7 Å². The van der Waals surface area contributed by atoms with E-state index in [1.54, 1.807) is 7.11 Å². The van der Waals surface area contributed by atoms with E-state index in [1.807, 2.05) is 24.3 Å². The largest absolute Gasteiger partial charge is 0.497 e. The van der Waals surface area contributed by atoms with Crippen molar-refractivity contribution >= 4 is 35.6 Å². The Balaban J connectivity index is 0.00000312. The number of benzene rings is 1. The molecule has 2 rings (SSSR count). The van der Waals surface area contributed by atoms with Crippen LogP contribution in [0.3, 0.4) is 0 Å². The molecule has 0 radical (unpaired) electrons. The lowest BCUT2D eigenvalue weighted by atomic mass is 10.1. The number of guanidine groups is 1. The lowest BCUT2D eigenvalue weighted by molar-refractivity contribution is -0.385. The summed E-state index contributed by atoms with van der Waals surface area (Å²) in [6.07, 6.45) is 3.36. The van der Waals surface area contributed by atoms with Gasteiger partial charge in [-0.1, -0.05) is 12.1 Å². The van der Waals surface area contributed by atoms with Gasteiger partial charge in [0.05, 0.1) is 18.6 Å². The van der Waals surface area contributed by atoms with Crippen molar-refractivity contribution in [2.24, 2.45) is 10.7 Å². The van der Waals surface area contributed by atoms with E-state index in [2.05, 4.69) is 15.4 Å². The third-order valence-electron chi connectivity index (χ3n) is 3.32. The Labute approximate surface area is 162 Å². The van der Waals surface area contributed by atoms with Crippen molar-refractivity contribution in [2.75, 3.05) is 20.2 Å². The van der Waals surface area contributed by atoms with Crippen LogP contribution in [-0.4, -0.2) is 40.9 Å². The summed E-state index contributed by atoms with van der Waals surface area (Å²) in [5.41, 5.74) is 6.90. The number of nitrogens with two attached hydrogens (primary N) is 1. The molecule has 3 N–H and O–H groups in total. The molecule has 0 fully saturated rings. The monoisotopic (exact) mass is 460 g/mol. The summed E-state index contributed by atoms with van der Waals surface area (Å²) in [6, 6.07) is 7.79. The Bertz CT molecular complexity index is 702. The highest BCUT2D eigenvalue weighted by atomic mass is 127. The van der Waals surface area contributed by atoms with Crippen LogP contribution < -0.4 is 15.8 Å². The molecule has 25 heavy (non-hydrogen) atoms. The van der Waals surface area contributed by atoms with E-state index in [1.165, 1.54) is 17.1 Å². The molecule has 136 valence electrons. The number of methoxy groups -OCH3 is 1. The second-order valence-electron chi connectivity index (χ2n) is 5.01. The van der Waals surface area contributed by atoms with Crippen LogP contribution >= 0.6 is 24.0 Å². The number of nitrogens with zero attached hydrogens (tertiary/aromatic N) is 4. The number of rotatable bonds is 8. The molecule has 0 saturated carbocycles. The van der Waals surface area contributed by atoms with Gasteiger partial charge < -0.3 is 15.8 Å². The van der Waals surface area contributed by atoms with E-state index in [0.29, 0.717) is 25.6 Å². The minimum atomic E-state index is -0.480. The maximum absolute atomic E-state index is 10.6. The van der Waals surface area contributed by atoms with E-state index in [9.17, 15) is 10.1 Å². The quantitative estimate of drug-likeness (QED) is 0.203. The second-order valence-corrected chi connectivity index (χ2v) is 5.01. The Kier molecular flexibility index (Phi) is 8.67. The molecule has 0 spiro atoms. The molecule has 2 aromatic rings. The molecule has 0 amide bonds. The topological polar surface area (TPSA) is 121 Å². The number of aliphatic imine (C=N–C) groups is 1. The van der Waals surface area contributed by atoms with Crippen molar-refractivity contribution in [1.29, 1.82) is 0 Å². The summed E-state index contributed by atoms with van der Waals surface area (Å²) in [6.45, 7) is 1.51. The predicted molar refractivity (Wildman–Crippen MR) is 105 cm³/mol. The molecular formula is C15H21IN6O3. The van der Waals surface area contributed by atoms with Crippen molar-refractivity contribution in [3.05, 3.63) is 52.3 Å². The SMILES string of the molecule is COc1ccc(CCN=C(N)NCCn2cc([N+](=O)[O-])cn2)cc1.I. The molecule has 9 nitrogen and oxygen atoms in total. The fraction of sp³-hybridized carbons (Fsp3) is 0.333. The first-order valence-electron chi connectivity index (χ1n) is 7.42. The first-order valence-corrected chi connectivity index (χ1v) is 7.42. The summed E-state index contributed by atoms with van der Waals surface area (Å²) in [5, 5.41) is 17.4. The summed E-state index contributed by atoms with van der Waals surface area (Å²) < 4.78 is 6.59. The van der Waals surface area contributed by atoms with Gasteiger partial charge in [0.1, 0.15) is 18.1 Å². The maximum Gasteiger partial charge on any atom is 0.306 e. The van der Waals surface area contributed by atoms with Crippen LogP contribution in [0.1, 0.15) is 5.56 Å².